The predicted octanol–water partition coefficient (Wildman–Crippen LogP) is 11.3. The zero-order valence-corrected chi connectivity index (χ0v) is 23.8. The molecule has 0 saturated carbocycles. The minimum Gasteiger partial charge on any atom is -0.317 e. The van der Waals surface area contributed by atoms with Gasteiger partial charge >= 0.3 is 6.11 Å². The van der Waals surface area contributed by atoms with Crippen LogP contribution in [0.2, 0.25) is 0 Å². The fourth-order valence-electron chi connectivity index (χ4n) is 3.21. The van der Waals surface area contributed by atoms with Crippen LogP contribution in [0.5, 0.6) is 0 Å². The van der Waals surface area contributed by atoms with Gasteiger partial charge in [-0.2, -0.15) is 8.78 Å². The van der Waals surface area contributed by atoms with Crippen molar-refractivity contribution in [1.82, 2.24) is 0 Å². The second-order valence-electron chi connectivity index (χ2n) is 10.3. The van der Waals surface area contributed by atoms with Crippen molar-refractivity contribution in [2.24, 2.45) is 17.8 Å². The summed E-state index contributed by atoms with van der Waals surface area (Å²) in [5.41, 5.74) is -0.606. The summed E-state index contributed by atoms with van der Waals surface area (Å²) in [6, 6.07) is 0. The normalized spacial score (nSPS) is 15.5. The van der Waals surface area contributed by atoms with Gasteiger partial charge in [0.15, 0.2) is 11.7 Å². The molecule has 0 saturated heterocycles. The Kier molecular flexibility index (Phi) is 15.2. The number of alkyl halides is 2. The van der Waals surface area contributed by atoms with Crippen molar-refractivity contribution in [3.63, 3.8) is 0 Å². The fourth-order valence-corrected chi connectivity index (χ4v) is 3.21. The van der Waals surface area contributed by atoms with E-state index in [0.29, 0.717) is 43.3 Å². The van der Waals surface area contributed by atoms with Gasteiger partial charge in [0, 0.05) is 17.1 Å². The predicted molar refractivity (Wildman–Crippen MR) is 151 cm³/mol. The zero-order chi connectivity index (χ0) is 30.7. The molecule has 1 nitrogen and oxygen atoms in total. The molecule has 7 heteroatoms. The summed E-state index contributed by atoms with van der Waals surface area (Å²) < 4.78 is 89.3. The number of allylic oxidation sites excluding steroid dienone is 12. The molecule has 0 aromatic rings. The molecular weight excluding hydrogens is 514 g/mol. The average molecular weight is 557 g/mol. The molecule has 0 aliphatic heterocycles. The van der Waals surface area contributed by atoms with E-state index in [9.17, 15) is 26.3 Å². The van der Waals surface area contributed by atoms with E-state index in [1.807, 2.05) is 13.8 Å². The van der Waals surface area contributed by atoms with Gasteiger partial charge in [-0.3, -0.25) is 0 Å². The minimum atomic E-state index is -3.24. The van der Waals surface area contributed by atoms with Crippen molar-refractivity contribution >= 4 is 0 Å². The van der Waals surface area contributed by atoms with Crippen molar-refractivity contribution in [3.05, 3.63) is 109 Å². The van der Waals surface area contributed by atoms with Crippen LogP contribution >= 0.6 is 0 Å². The van der Waals surface area contributed by atoms with Crippen LogP contribution < -0.4 is 0 Å². The molecule has 3 unspecified atom stereocenters. The molecule has 0 spiro atoms. The molecule has 218 valence electrons. The SMILES string of the molecule is C=C(/C=C(/F)C(=C)F)C(=C)/C(F)=C\C(=C)C(=C)/C(F)=C\C(=C)C(C)CCC(C)OC(F)(F)C(C)CCC(C)C. The third-order valence-electron chi connectivity index (χ3n) is 6.27. The lowest BCUT2D eigenvalue weighted by atomic mass is 9.94. The first-order valence-electron chi connectivity index (χ1n) is 12.8. The summed E-state index contributed by atoms with van der Waals surface area (Å²) in [7, 11) is 0. The van der Waals surface area contributed by atoms with Gasteiger partial charge in [0.25, 0.3) is 0 Å². The van der Waals surface area contributed by atoms with Crippen LogP contribution in [0.1, 0.15) is 60.3 Å². The van der Waals surface area contributed by atoms with Crippen molar-refractivity contribution in [2.75, 3.05) is 0 Å². The van der Waals surface area contributed by atoms with Gasteiger partial charge in [0.05, 0.1) is 6.10 Å². The standard InChI is InChI=1S/C32H42F6O/c1-19(2)12-14-24(7)32(37,38)39-25(8)15-13-20(3)21(4)16-29(34)26(9)22(5)17-30(35)27(10)23(6)18-31(36)28(11)33/h16-20,24-25H,4-6,9-15H2,1-3,7-8H3/b29-16+,30-17+,31-18+. The van der Waals surface area contributed by atoms with Crippen molar-refractivity contribution < 1.29 is 31.1 Å². The van der Waals surface area contributed by atoms with Gasteiger partial charge in [-0.15, -0.1) is 0 Å². The molecule has 0 bridgehead atoms. The Morgan fingerprint density at radius 3 is 1.59 bits per heavy atom. The number of rotatable bonds is 18. The third kappa shape index (κ3) is 13.2. The summed E-state index contributed by atoms with van der Waals surface area (Å²) in [4.78, 5) is 0. The monoisotopic (exact) mass is 556 g/mol. The molecule has 0 radical (unpaired) electrons. The highest BCUT2D eigenvalue weighted by Gasteiger charge is 2.39. The molecular formula is C32H42F6O. The summed E-state index contributed by atoms with van der Waals surface area (Å²) in [6.45, 7) is 29.4. The average Bonchev–Trinajstić information content (AvgIpc) is 2.83. The molecule has 39 heavy (non-hydrogen) atoms. The highest BCUT2D eigenvalue weighted by Crippen LogP contribution is 2.33. The lowest BCUT2D eigenvalue weighted by Gasteiger charge is -2.28. The van der Waals surface area contributed by atoms with Crippen molar-refractivity contribution in [2.45, 2.75) is 72.5 Å². The molecule has 3 atom stereocenters. The Morgan fingerprint density at radius 2 is 1.13 bits per heavy atom. The highest BCUT2D eigenvalue weighted by molar-refractivity contribution is 5.54. The molecule has 0 fully saturated rings. The van der Waals surface area contributed by atoms with Gasteiger partial charge in [-0.05, 0) is 73.0 Å². The van der Waals surface area contributed by atoms with Gasteiger partial charge in [-0.25, -0.2) is 17.6 Å². The van der Waals surface area contributed by atoms with Crippen LogP contribution in [0.15, 0.2) is 109 Å². The summed E-state index contributed by atoms with van der Waals surface area (Å²) in [5, 5.41) is 0. The Bertz CT molecular complexity index is 1040. The summed E-state index contributed by atoms with van der Waals surface area (Å²) in [6.07, 6.45) is 0.387. The molecule has 0 aromatic carbocycles. The van der Waals surface area contributed by atoms with Crippen LogP contribution in [-0.2, 0) is 4.74 Å². The van der Waals surface area contributed by atoms with Crippen LogP contribution in [-0.4, -0.2) is 12.2 Å². The van der Waals surface area contributed by atoms with E-state index in [1.54, 1.807) is 13.8 Å². The molecule has 0 rings (SSSR count). The van der Waals surface area contributed by atoms with Gasteiger partial charge < -0.3 is 4.74 Å². The van der Waals surface area contributed by atoms with E-state index >= 15 is 0 Å². The first-order chi connectivity index (χ1) is 17.8. The lowest BCUT2D eigenvalue weighted by molar-refractivity contribution is -0.289. The maximum atomic E-state index is 14.8. The first-order valence-corrected chi connectivity index (χ1v) is 12.8. The van der Waals surface area contributed by atoms with Gasteiger partial charge in [0.2, 0.25) is 0 Å². The van der Waals surface area contributed by atoms with Gasteiger partial charge in [-0.1, -0.05) is 73.6 Å². The molecule has 0 aromatic heterocycles. The Morgan fingerprint density at radius 1 is 0.667 bits per heavy atom. The van der Waals surface area contributed by atoms with Crippen molar-refractivity contribution in [3.8, 4) is 0 Å². The number of halogens is 6. The summed E-state index contributed by atoms with van der Waals surface area (Å²) in [5.74, 6) is -5.34. The van der Waals surface area contributed by atoms with Crippen LogP contribution in [0.3, 0.4) is 0 Å². The van der Waals surface area contributed by atoms with E-state index in [0.717, 1.165) is 12.2 Å². The highest BCUT2D eigenvalue weighted by atomic mass is 19.3. The maximum absolute atomic E-state index is 14.8. The van der Waals surface area contributed by atoms with Crippen LogP contribution in [0, 0.1) is 17.8 Å². The minimum absolute atomic E-state index is 0.133. The van der Waals surface area contributed by atoms with Crippen LogP contribution in [0.4, 0.5) is 26.3 Å². The second-order valence-corrected chi connectivity index (χ2v) is 10.3. The fraction of sp³-hybridized carbons (Fsp3) is 0.438. The Balaban J connectivity index is 5.10. The van der Waals surface area contributed by atoms with Crippen LogP contribution in [0.25, 0.3) is 0 Å². The van der Waals surface area contributed by atoms with Gasteiger partial charge in [0.1, 0.15) is 11.7 Å². The molecule has 0 aliphatic carbocycles. The molecule has 0 aliphatic rings. The smallest absolute Gasteiger partial charge is 0.317 e. The van der Waals surface area contributed by atoms with E-state index in [4.69, 9.17) is 4.74 Å². The third-order valence-corrected chi connectivity index (χ3v) is 6.27. The van der Waals surface area contributed by atoms with E-state index in [-0.39, 0.29) is 28.2 Å². The molecule has 0 heterocycles. The van der Waals surface area contributed by atoms with E-state index in [2.05, 4.69) is 39.5 Å². The van der Waals surface area contributed by atoms with E-state index < -0.39 is 41.4 Å². The van der Waals surface area contributed by atoms with Crippen molar-refractivity contribution in [1.29, 1.82) is 0 Å². The molecule has 0 N–H and O–H groups in total. The zero-order valence-electron chi connectivity index (χ0n) is 23.8. The number of hydrogen-bond acceptors (Lipinski definition) is 1. The number of hydrogen-bond donors (Lipinski definition) is 0. The second kappa shape index (κ2) is 16.3. The number of ether oxygens (including phenoxy) is 1. The summed E-state index contributed by atoms with van der Waals surface area (Å²) >= 11 is 0. The largest absolute Gasteiger partial charge is 0.358 e. The topological polar surface area (TPSA) is 9.23 Å². The molecule has 0 amide bonds. The Hall–Kier alpha value is -2.80. The van der Waals surface area contributed by atoms with E-state index in [1.165, 1.54) is 6.92 Å². The Labute approximate surface area is 230 Å². The first kappa shape index (κ1) is 36.2. The quantitative estimate of drug-likeness (QED) is 0.121. The lowest BCUT2D eigenvalue weighted by Crippen LogP contribution is -2.33. The maximum Gasteiger partial charge on any atom is 0.358 e.